The summed E-state index contributed by atoms with van der Waals surface area (Å²) in [4.78, 5) is 0. The van der Waals surface area contributed by atoms with Crippen molar-refractivity contribution in [1.82, 2.24) is 0 Å². The maximum absolute atomic E-state index is 6.30. The second-order valence-electron chi connectivity index (χ2n) is 5.46. The molecule has 0 unspecified atom stereocenters. The molecule has 0 amide bonds. The van der Waals surface area contributed by atoms with Crippen LogP contribution in [0.4, 0.5) is 5.69 Å². The van der Waals surface area contributed by atoms with Crippen LogP contribution in [0.1, 0.15) is 29.5 Å². The summed E-state index contributed by atoms with van der Waals surface area (Å²) >= 11 is 12.6. The molecule has 2 nitrogen and oxygen atoms in total. The number of hydrogen-bond acceptors (Lipinski definition) is 2. The van der Waals surface area contributed by atoms with Gasteiger partial charge in [-0.2, -0.15) is 0 Å². The van der Waals surface area contributed by atoms with Crippen molar-refractivity contribution in [2.45, 2.75) is 32.6 Å². The summed E-state index contributed by atoms with van der Waals surface area (Å²) in [5.41, 5.74) is 9.79. The van der Waals surface area contributed by atoms with E-state index < -0.39 is 0 Å². The summed E-state index contributed by atoms with van der Waals surface area (Å²) in [6, 6.07) is 7.41. The minimum Gasteiger partial charge on any atom is -0.455 e. The highest BCUT2D eigenvalue weighted by molar-refractivity contribution is 6.32. The van der Waals surface area contributed by atoms with Gasteiger partial charge in [0.25, 0.3) is 0 Å². The van der Waals surface area contributed by atoms with Gasteiger partial charge in [0.2, 0.25) is 0 Å². The lowest BCUT2D eigenvalue weighted by atomic mass is 9.91. The van der Waals surface area contributed by atoms with Crippen LogP contribution in [0, 0.1) is 6.92 Å². The molecule has 0 bridgehead atoms. The largest absolute Gasteiger partial charge is 0.455 e. The third-order valence-electron chi connectivity index (χ3n) is 3.90. The van der Waals surface area contributed by atoms with Crippen molar-refractivity contribution < 1.29 is 4.74 Å². The Morgan fingerprint density at radius 2 is 1.71 bits per heavy atom. The number of hydrogen-bond donors (Lipinski definition) is 1. The van der Waals surface area contributed by atoms with Crippen LogP contribution < -0.4 is 10.5 Å². The first-order chi connectivity index (χ1) is 10.1. The Kier molecular flexibility index (Phi) is 4.01. The van der Waals surface area contributed by atoms with E-state index in [1.54, 1.807) is 6.07 Å². The van der Waals surface area contributed by atoms with E-state index in [1.165, 1.54) is 17.5 Å². The van der Waals surface area contributed by atoms with Crippen LogP contribution in [0.15, 0.2) is 24.3 Å². The lowest BCUT2D eigenvalue weighted by Gasteiger charge is -2.21. The fourth-order valence-corrected chi connectivity index (χ4v) is 3.47. The van der Waals surface area contributed by atoms with Crippen LogP contribution in [0.5, 0.6) is 11.5 Å². The van der Waals surface area contributed by atoms with E-state index in [0.717, 1.165) is 35.6 Å². The first kappa shape index (κ1) is 14.6. The van der Waals surface area contributed by atoms with Crippen LogP contribution in [0.2, 0.25) is 10.0 Å². The van der Waals surface area contributed by atoms with Gasteiger partial charge in [-0.05, 0) is 73.6 Å². The fourth-order valence-electron chi connectivity index (χ4n) is 2.88. The molecule has 1 aliphatic carbocycles. The second kappa shape index (κ2) is 5.78. The number of nitrogens with two attached hydrogens (primary N) is 1. The van der Waals surface area contributed by atoms with Gasteiger partial charge in [0.1, 0.15) is 11.5 Å². The monoisotopic (exact) mass is 321 g/mol. The minimum atomic E-state index is 0.534. The zero-order valence-corrected chi connectivity index (χ0v) is 13.4. The summed E-state index contributed by atoms with van der Waals surface area (Å²) in [5, 5.41) is 1.36. The van der Waals surface area contributed by atoms with Gasteiger partial charge < -0.3 is 10.5 Å². The molecular formula is C17H17Cl2NO. The first-order valence-corrected chi connectivity index (χ1v) is 7.85. The highest BCUT2D eigenvalue weighted by atomic mass is 35.5. The average molecular weight is 322 g/mol. The smallest absolute Gasteiger partial charge is 0.149 e. The molecule has 0 aromatic heterocycles. The Hall–Kier alpha value is -1.38. The average Bonchev–Trinajstić information content (AvgIpc) is 2.45. The molecular weight excluding hydrogens is 305 g/mol. The number of halogens is 2. The molecule has 2 aromatic rings. The molecule has 2 N–H and O–H groups in total. The summed E-state index contributed by atoms with van der Waals surface area (Å²) < 4.78 is 6.10. The second-order valence-corrected chi connectivity index (χ2v) is 6.27. The number of benzene rings is 2. The van der Waals surface area contributed by atoms with Crippen molar-refractivity contribution in [3.63, 3.8) is 0 Å². The van der Waals surface area contributed by atoms with Crippen molar-refractivity contribution >= 4 is 28.9 Å². The molecule has 0 heterocycles. The summed E-state index contributed by atoms with van der Waals surface area (Å²) in [6.07, 6.45) is 4.35. The molecule has 110 valence electrons. The molecule has 0 saturated heterocycles. The molecule has 0 fully saturated rings. The molecule has 0 saturated carbocycles. The van der Waals surface area contributed by atoms with Gasteiger partial charge in [-0.1, -0.05) is 23.2 Å². The quantitative estimate of drug-likeness (QED) is 0.735. The van der Waals surface area contributed by atoms with E-state index in [1.807, 2.05) is 25.1 Å². The SMILES string of the molecule is Cc1cc(N)cc(Cl)c1Oc1ccc(Cl)c2c1CCCC2. The Labute approximate surface area is 134 Å². The zero-order chi connectivity index (χ0) is 15.0. The maximum Gasteiger partial charge on any atom is 0.149 e. The molecule has 0 spiro atoms. The molecule has 0 atom stereocenters. The van der Waals surface area contributed by atoms with Gasteiger partial charge in [-0.25, -0.2) is 0 Å². The third kappa shape index (κ3) is 2.83. The Morgan fingerprint density at radius 3 is 2.43 bits per heavy atom. The van der Waals surface area contributed by atoms with Crippen molar-refractivity contribution in [3.8, 4) is 11.5 Å². The van der Waals surface area contributed by atoms with Crippen LogP contribution in [-0.2, 0) is 12.8 Å². The number of nitrogen functional groups attached to an aromatic ring is 1. The normalized spacial score (nSPS) is 13.9. The van der Waals surface area contributed by atoms with E-state index in [0.29, 0.717) is 16.5 Å². The predicted molar refractivity (Wildman–Crippen MR) is 88.8 cm³/mol. The molecule has 2 aromatic carbocycles. The van der Waals surface area contributed by atoms with Gasteiger partial charge >= 0.3 is 0 Å². The van der Waals surface area contributed by atoms with Gasteiger partial charge in [-0.15, -0.1) is 0 Å². The van der Waals surface area contributed by atoms with E-state index in [9.17, 15) is 0 Å². The van der Waals surface area contributed by atoms with E-state index in [4.69, 9.17) is 33.7 Å². The molecule has 21 heavy (non-hydrogen) atoms. The van der Waals surface area contributed by atoms with Crippen LogP contribution in [0.3, 0.4) is 0 Å². The van der Waals surface area contributed by atoms with Crippen LogP contribution >= 0.6 is 23.2 Å². The van der Waals surface area contributed by atoms with Gasteiger partial charge in [0, 0.05) is 10.7 Å². The molecule has 0 aliphatic heterocycles. The van der Waals surface area contributed by atoms with Crippen molar-refractivity contribution in [3.05, 3.63) is 51.0 Å². The molecule has 0 radical (unpaired) electrons. The van der Waals surface area contributed by atoms with Crippen molar-refractivity contribution in [2.24, 2.45) is 0 Å². The van der Waals surface area contributed by atoms with Crippen molar-refractivity contribution in [1.29, 1.82) is 0 Å². The predicted octanol–water partition coefficient (Wildman–Crippen LogP) is 5.56. The first-order valence-electron chi connectivity index (χ1n) is 7.10. The number of anilines is 1. The number of ether oxygens (including phenoxy) is 1. The van der Waals surface area contributed by atoms with E-state index in [2.05, 4.69) is 0 Å². The standard InChI is InChI=1S/C17H17Cl2NO/c1-10-8-11(20)9-15(19)17(10)21-16-7-6-14(18)12-4-2-3-5-13(12)16/h6-9H,2-5,20H2,1H3. The Morgan fingerprint density at radius 1 is 1.00 bits per heavy atom. The number of fused-ring (bicyclic) bond motifs is 1. The molecule has 1 aliphatic rings. The van der Waals surface area contributed by atoms with Gasteiger partial charge in [0.05, 0.1) is 5.02 Å². The summed E-state index contributed by atoms with van der Waals surface area (Å²) in [7, 11) is 0. The van der Waals surface area contributed by atoms with Crippen molar-refractivity contribution in [2.75, 3.05) is 5.73 Å². The highest BCUT2D eigenvalue weighted by Gasteiger charge is 2.19. The molecule has 3 rings (SSSR count). The van der Waals surface area contributed by atoms with E-state index >= 15 is 0 Å². The third-order valence-corrected chi connectivity index (χ3v) is 4.53. The Bertz CT molecular complexity index is 674. The lowest BCUT2D eigenvalue weighted by molar-refractivity contribution is 0.467. The number of rotatable bonds is 2. The maximum atomic E-state index is 6.30. The van der Waals surface area contributed by atoms with E-state index in [-0.39, 0.29) is 0 Å². The summed E-state index contributed by atoms with van der Waals surface area (Å²) in [6.45, 7) is 1.94. The van der Waals surface area contributed by atoms with Crippen LogP contribution in [-0.4, -0.2) is 0 Å². The zero-order valence-electron chi connectivity index (χ0n) is 11.9. The van der Waals surface area contributed by atoms with Gasteiger partial charge in [-0.3, -0.25) is 0 Å². The lowest BCUT2D eigenvalue weighted by Crippen LogP contribution is -2.05. The van der Waals surface area contributed by atoms with Gasteiger partial charge in [0.15, 0.2) is 0 Å². The minimum absolute atomic E-state index is 0.534. The summed E-state index contributed by atoms with van der Waals surface area (Å²) in [5.74, 6) is 1.52. The highest BCUT2D eigenvalue weighted by Crippen LogP contribution is 2.40. The molecule has 4 heteroatoms. The van der Waals surface area contributed by atoms with Crippen LogP contribution in [0.25, 0.3) is 0 Å². The Balaban J connectivity index is 2.03. The topological polar surface area (TPSA) is 35.2 Å². The number of aryl methyl sites for hydroxylation is 1. The fraction of sp³-hybridized carbons (Fsp3) is 0.294.